The number of esters is 1. The number of hydrogen-bond donors (Lipinski definition) is 0. The van der Waals surface area contributed by atoms with Crippen LogP contribution in [0.1, 0.15) is 29.7 Å². The first-order chi connectivity index (χ1) is 10.4. The van der Waals surface area contributed by atoms with Gasteiger partial charge >= 0.3 is 12.1 Å². The Hall–Kier alpha value is -2.37. The van der Waals surface area contributed by atoms with Crippen molar-refractivity contribution in [3.05, 3.63) is 65.5 Å². The van der Waals surface area contributed by atoms with Crippen molar-refractivity contribution in [2.24, 2.45) is 0 Å². The van der Waals surface area contributed by atoms with Crippen LogP contribution in [0.4, 0.5) is 13.2 Å². The predicted molar refractivity (Wildman–Crippen MR) is 73.9 cm³/mol. The molecule has 0 aliphatic carbocycles. The zero-order valence-corrected chi connectivity index (χ0v) is 11.8. The van der Waals surface area contributed by atoms with Crippen LogP contribution in [0.25, 0.3) is 0 Å². The predicted octanol–water partition coefficient (Wildman–Crippen LogP) is 3.95. The molecule has 6 heteroatoms. The molecular weight excluding hydrogens is 295 g/mol. The van der Waals surface area contributed by atoms with Gasteiger partial charge in [0.15, 0.2) is 0 Å². The fourth-order valence-corrected chi connectivity index (χ4v) is 1.98. The highest BCUT2D eigenvalue weighted by Gasteiger charge is 2.37. The number of alkyl halides is 3. The first-order valence-electron chi connectivity index (χ1n) is 6.62. The normalized spacial score (nSPS) is 12.7. The Morgan fingerprint density at radius 1 is 1.18 bits per heavy atom. The van der Waals surface area contributed by atoms with Crippen LogP contribution in [0.2, 0.25) is 0 Å². The quantitative estimate of drug-likeness (QED) is 0.803. The van der Waals surface area contributed by atoms with Gasteiger partial charge in [-0.15, -0.1) is 0 Å². The van der Waals surface area contributed by atoms with E-state index in [1.54, 1.807) is 24.3 Å². The van der Waals surface area contributed by atoms with E-state index in [0.717, 1.165) is 11.8 Å². The lowest BCUT2D eigenvalue weighted by Crippen LogP contribution is -2.19. The third-order valence-electron chi connectivity index (χ3n) is 3.15. The molecule has 2 rings (SSSR count). The minimum absolute atomic E-state index is 0.0195. The second-order valence-corrected chi connectivity index (χ2v) is 4.75. The Balaban J connectivity index is 2.11. The maximum Gasteiger partial charge on any atom is 0.433 e. The topological polar surface area (TPSA) is 39.2 Å². The highest BCUT2D eigenvalue weighted by molar-refractivity contribution is 5.78. The largest absolute Gasteiger partial charge is 0.460 e. The average Bonchev–Trinajstić information content (AvgIpc) is 2.52. The number of aromatic nitrogens is 1. The molecule has 22 heavy (non-hydrogen) atoms. The SMILES string of the molecule is CC(C(=O)OCc1ccccc1)c1cccnc1C(F)(F)F. The van der Waals surface area contributed by atoms with Crippen molar-refractivity contribution in [1.82, 2.24) is 4.98 Å². The summed E-state index contributed by atoms with van der Waals surface area (Å²) in [6.45, 7) is 1.39. The molecule has 3 nitrogen and oxygen atoms in total. The highest BCUT2D eigenvalue weighted by Crippen LogP contribution is 2.33. The van der Waals surface area contributed by atoms with Gasteiger partial charge in [-0.3, -0.25) is 9.78 Å². The number of rotatable bonds is 4. The standard InChI is InChI=1S/C16H14F3NO2/c1-11(13-8-5-9-20-14(13)16(17,18)19)15(21)22-10-12-6-3-2-4-7-12/h2-9,11H,10H2,1H3. The Bertz CT molecular complexity index is 641. The second-order valence-electron chi connectivity index (χ2n) is 4.75. The molecule has 116 valence electrons. The van der Waals surface area contributed by atoms with Gasteiger partial charge in [-0.1, -0.05) is 36.4 Å². The number of carbonyl (C=O) groups excluding carboxylic acids is 1. The molecule has 1 aromatic heterocycles. The van der Waals surface area contributed by atoms with Gasteiger partial charge in [-0.05, 0) is 24.1 Å². The molecule has 1 atom stereocenters. The number of pyridine rings is 1. The van der Waals surface area contributed by atoms with Crippen LogP contribution in [-0.4, -0.2) is 11.0 Å². The molecule has 0 radical (unpaired) electrons. The van der Waals surface area contributed by atoms with Gasteiger partial charge in [0.05, 0.1) is 5.92 Å². The molecule has 0 fully saturated rings. The van der Waals surface area contributed by atoms with E-state index in [9.17, 15) is 18.0 Å². The first kappa shape index (κ1) is 16.0. The van der Waals surface area contributed by atoms with Crippen molar-refractivity contribution in [1.29, 1.82) is 0 Å². The van der Waals surface area contributed by atoms with E-state index in [1.165, 1.54) is 19.1 Å². The summed E-state index contributed by atoms with van der Waals surface area (Å²) in [5.74, 6) is -1.77. The second kappa shape index (κ2) is 6.60. The molecule has 1 unspecified atom stereocenters. The Kier molecular flexibility index (Phi) is 4.80. The van der Waals surface area contributed by atoms with Gasteiger partial charge in [0.25, 0.3) is 0 Å². The van der Waals surface area contributed by atoms with Gasteiger partial charge in [-0.25, -0.2) is 0 Å². The average molecular weight is 309 g/mol. The summed E-state index contributed by atoms with van der Waals surface area (Å²) in [4.78, 5) is 15.3. The summed E-state index contributed by atoms with van der Waals surface area (Å²) in [7, 11) is 0. The van der Waals surface area contributed by atoms with Gasteiger partial charge in [0.2, 0.25) is 0 Å². The van der Waals surface area contributed by atoms with E-state index in [0.29, 0.717) is 0 Å². The van der Waals surface area contributed by atoms with Gasteiger partial charge in [-0.2, -0.15) is 13.2 Å². The van der Waals surface area contributed by atoms with Crippen molar-refractivity contribution >= 4 is 5.97 Å². The number of carbonyl (C=O) groups is 1. The lowest BCUT2D eigenvalue weighted by Gasteiger charge is -2.16. The number of halogens is 3. The van der Waals surface area contributed by atoms with Crippen LogP contribution >= 0.6 is 0 Å². The Labute approximate surface area is 125 Å². The van der Waals surface area contributed by atoms with Crippen molar-refractivity contribution in [3.8, 4) is 0 Å². The molecule has 2 aromatic rings. The van der Waals surface area contributed by atoms with Gasteiger partial charge in [0.1, 0.15) is 12.3 Å². The molecule has 0 saturated heterocycles. The number of benzene rings is 1. The van der Waals surface area contributed by atoms with E-state index in [4.69, 9.17) is 4.74 Å². The summed E-state index contributed by atoms with van der Waals surface area (Å²) in [6.07, 6.45) is -3.56. The molecule has 1 aromatic carbocycles. The fraction of sp³-hybridized carbons (Fsp3) is 0.250. The van der Waals surface area contributed by atoms with Crippen LogP contribution in [0, 0.1) is 0 Å². The monoisotopic (exact) mass is 309 g/mol. The third kappa shape index (κ3) is 3.84. The van der Waals surface area contributed by atoms with E-state index in [2.05, 4.69) is 4.98 Å². The van der Waals surface area contributed by atoms with E-state index in [-0.39, 0.29) is 12.2 Å². The van der Waals surface area contributed by atoms with Crippen molar-refractivity contribution in [2.45, 2.75) is 25.6 Å². The number of nitrogens with zero attached hydrogens (tertiary/aromatic N) is 1. The summed E-state index contributed by atoms with van der Waals surface area (Å²) in [6, 6.07) is 11.5. The smallest absolute Gasteiger partial charge is 0.433 e. The minimum atomic E-state index is -4.61. The van der Waals surface area contributed by atoms with Crippen LogP contribution in [0.3, 0.4) is 0 Å². The molecular formula is C16H14F3NO2. The maximum absolute atomic E-state index is 12.9. The summed E-state index contributed by atoms with van der Waals surface area (Å²) < 4.78 is 43.8. The van der Waals surface area contributed by atoms with E-state index < -0.39 is 23.8 Å². The molecule has 0 N–H and O–H groups in total. The maximum atomic E-state index is 12.9. The van der Waals surface area contributed by atoms with Crippen LogP contribution in [0.15, 0.2) is 48.7 Å². The van der Waals surface area contributed by atoms with Crippen LogP contribution in [-0.2, 0) is 22.3 Å². The first-order valence-corrected chi connectivity index (χ1v) is 6.62. The summed E-state index contributed by atoms with van der Waals surface area (Å²) >= 11 is 0. The molecule has 0 aliphatic rings. The van der Waals surface area contributed by atoms with Gasteiger partial charge < -0.3 is 4.74 Å². The molecule has 1 heterocycles. The molecule has 0 aliphatic heterocycles. The zero-order valence-electron chi connectivity index (χ0n) is 11.8. The zero-order chi connectivity index (χ0) is 16.2. The number of ether oxygens (including phenoxy) is 1. The Morgan fingerprint density at radius 2 is 1.86 bits per heavy atom. The molecule has 0 spiro atoms. The fourth-order valence-electron chi connectivity index (χ4n) is 1.98. The lowest BCUT2D eigenvalue weighted by molar-refractivity contribution is -0.148. The summed E-state index contributed by atoms with van der Waals surface area (Å²) in [5.41, 5.74) is -0.475. The van der Waals surface area contributed by atoms with Crippen molar-refractivity contribution in [2.75, 3.05) is 0 Å². The third-order valence-corrected chi connectivity index (χ3v) is 3.15. The minimum Gasteiger partial charge on any atom is -0.460 e. The van der Waals surface area contributed by atoms with E-state index >= 15 is 0 Å². The van der Waals surface area contributed by atoms with Crippen LogP contribution < -0.4 is 0 Å². The van der Waals surface area contributed by atoms with Crippen molar-refractivity contribution < 1.29 is 22.7 Å². The number of hydrogen-bond acceptors (Lipinski definition) is 3. The molecule has 0 bridgehead atoms. The molecule has 0 amide bonds. The lowest BCUT2D eigenvalue weighted by atomic mass is 9.99. The van der Waals surface area contributed by atoms with Crippen LogP contribution in [0.5, 0.6) is 0 Å². The summed E-state index contributed by atoms with van der Waals surface area (Å²) in [5, 5.41) is 0. The van der Waals surface area contributed by atoms with Gasteiger partial charge in [0, 0.05) is 6.20 Å². The van der Waals surface area contributed by atoms with E-state index in [1.807, 2.05) is 6.07 Å². The van der Waals surface area contributed by atoms with Crippen molar-refractivity contribution in [3.63, 3.8) is 0 Å². The molecule has 0 saturated carbocycles. The Morgan fingerprint density at radius 3 is 2.50 bits per heavy atom. The highest BCUT2D eigenvalue weighted by atomic mass is 19.4.